The van der Waals surface area contributed by atoms with E-state index in [0.717, 1.165) is 0 Å². The van der Waals surface area contributed by atoms with Crippen LogP contribution >= 0.6 is 12.6 Å². The van der Waals surface area contributed by atoms with Gasteiger partial charge in [0.25, 0.3) is 5.92 Å². The molecule has 0 N–H and O–H groups in total. The number of nitrogens with zero attached hydrogens (tertiary/aromatic N) is 1. The van der Waals surface area contributed by atoms with Gasteiger partial charge >= 0.3 is 0 Å². The molecule has 0 amide bonds. The Morgan fingerprint density at radius 3 is 2.00 bits per heavy atom. The highest BCUT2D eigenvalue weighted by Gasteiger charge is 2.34. The number of thiol groups is 1. The van der Waals surface area contributed by atoms with Crippen LogP contribution in [0.5, 0.6) is 0 Å². The molecule has 1 atom stereocenters. The molecule has 0 fully saturated rings. The van der Waals surface area contributed by atoms with Gasteiger partial charge in [-0.1, -0.05) is 0 Å². The Bertz CT molecular complexity index is 104. The first kappa shape index (κ1) is 10.2. The van der Waals surface area contributed by atoms with Gasteiger partial charge in [0.05, 0.1) is 11.8 Å². The third kappa shape index (κ3) is 3.37. The zero-order chi connectivity index (χ0) is 8.36. The Morgan fingerprint density at radius 2 is 1.90 bits per heavy atom. The summed E-state index contributed by atoms with van der Waals surface area (Å²) in [7, 11) is 3.23. The fourth-order valence-electron chi connectivity index (χ4n) is 0.554. The molecule has 4 heteroatoms. The van der Waals surface area contributed by atoms with Crippen LogP contribution in [-0.4, -0.2) is 36.7 Å². The first-order valence-electron chi connectivity index (χ1n) is 3.07. The molecule has 10 heavy (non-hydrogen) atoms. The number of hydrogen-bond acceptors (Lipinski definition) is 2. The van der Waals surface area contributed by atoms with Crippen LogP contribution in [0, 0.1) is 0 Å². The molecule has 0 bridgehead atoms. The zero-order valence-electron chi connectivity index (χ0n) is 6.43. The lowest BCUT2D eigenvalue weighted by atomic mass is 10.2. The van der Waals surface area contributed by atoms with Gasteiger partial charge in [-0.15, -0.1) is 0 Å². The minimum atomic E-state index is -2.69. The molecule has 0 aliphatic carbocycles. The van der Waals surface area contributed by atoms with Gasteiger partial charge in [-0.05, 0) is 21.0 Å². The predicted octanol–water partition coefficient (Wildman–Crippen LogP) is 1.50. The fraction of sp³-hybridized carbons (Fsp3) is 1.00. The van der Waals surface area contributed by atoms with Crippen molar-refractivity contribution in [2.24, 2.45) is 0 Å². The molecule has 0 rings (SSSR count). The van der Waals surface area contributed by atoms with Crippen molar-refractivity contribution in [2.75, 3.05) is 20.6 Å². The van der Waals surface area contributed by atoms with Gasteiger partial charge in [-0.3, -0.25) is 0 Å². The lowest BCUT2D eigenvalue weighted by Gasteiger charge is -2.22. The van der Waals surface area contributed by atoms with Crippen LogP contribution in [0.3, 0.4) is 0 Å². The van der Waals surface area contributed by atoms with Gasteiger partial charge in [0.2, 0.25) is 0 Å². The molecule has 0 radical (unpaired) electrons. The Hall–Kier alpha value is 0.170. The van der Waals surface area contributed by atoms with Gasteiger partial charge < -0.3 is 4.90 Å². The molecule has 0 aromatic heterocycles. The molecule has 0 saturated carbocycles. The van der Waals surface area contributed by atoms with Crippen molar-refractivity contribution in [3.8, 4) is 0 Å². The number of hydrogen-bond donors (Lipinski definition) is 1. The number of rotatable bonds is 3. The summed E-state index contributed by atoms with van der Waals surface area (Å²) in [5.74, 6) is -2.69. The summed E-state index contributed by atoms with van der Waals surface area (Å²) < 4.78 is 25.4. The average Bonchev–Trinajstić information content (AvgIpc) is 1.60. The quantitative estimate of drug-likeness (QED) is 0.627. The second kappa shape index (κ2) is 3.53. The first-order chi connectivity index (χ1) is 4.36. The molecule has 0 aromatic rings. The molecule has 0 heterocycles. The molecule has 0 spiro atoms. The van der Waals surface area contributed by atoms with E-state index in [-0.39, 0.29) is 6.54 Å². The lowest BCUT2D eigenvalue weighted by Crippen LogP contribution is -2.38. The van der Waals surface area contributed by atoms with Gasteiger partial charge in [0.1, 0.15) is 0 Å². The summed E-state index contributed by atoms with van der Waals surface area (Å²) in [5, 5.41) is -0.880. The van der Waals surface area contributed by atoms with Crippen molar-refractivity contribution in [3.63, 3.8) is 0 Å². The van der Waals surface area contributed by atoms with Gasteiger partial charge in [0, 0.05) is 0 Å². The van der Waals surface area contributed by atoms with E-state index in [2.05, 4.69) is 12.6 Å². The highest BCUT2D eigenvalue weighted by Crippen LogP contribution is 2.22. The van der Waals surface area contributed by atoms with Gasteiger partial charge in [0.15, 0.2) is 0 Å². The van der Waals surface area contributed by atoms with E-state index >= 15 is 0 Å². The molecule has 0 aromatic carbocycles. The number of halogens is 2. The van der Waals surface area contributed by atoms with Crippen molar-refractivity contribution in [2.45, 2.75) is 18.1 Å². The summed E-state index contributed by atoms with van der Waals surface area (Å²) in [4.78, 5) is 1.45. The molecule has 0 aliphatic heterocycles. The number of alkyl halides is 2. The van der Waals surface area contributed by atoms with Gasteiger partial charge in [-0.2, -0.15) is 12.6 Å². The van der Waals surface area contributed by atoms with E-state index in [1.165, 1.54) is 11.8 Å². The molecule has 1 unspecified atom stereocenters. The molecule has 62 valence electrons. The third-order valence-electron chi connectivity index (χ3n) is 1.14. The summed E-state index contributed by atoms with van der Waals surface area (Å²) in [6.07, 6.45) is 0. The van der Waals surface area contributed by atoms with E-state index in [1.54, 1.807) is 14.1 Å². The monoisotopic (exact) mass is 169 g/mol. The normalized spacial score (nSPS) is 15.9. The lowest BCUT2D eigenvalue weighted by molar-refractivity contribution is -0.0184. The van der Waals surface area contributed by atoms with E-state index in [9.17, 15) is 8.78 Å². The van der Waals surface area contributed by atoms with Crippen LogP contribution in [0.1, 0.15) is 6.92 Å². The highest BCUT2D eigenvalue weighted by atomic mass is 32.1. The third-order valence-corrected chi connectivity index (χ3v) is 1.52. The van der Waals surface area contributed by atoms with Crippen molar-refractivity contribution < 1.29 is 8.78 Å². The minimum Gasteiger partial charge on any atom is -0.304 e. The van der Waals surface area contributed by atoms with Crippen molar-refractivity contribution in [1.82, 2.24) is 4.90 Å². The van der Waals surface area contributed by atoms with E-state index in [1.807, 2.05) is 0 Å². The van der Waals surface area contributed by atoms with Crippen molar-refractivity contribution in [3.05, 3.63) is 0 Å². The van der Waals surface area contributed by atoms with Crippen LogP contribution in [0.25, 0.3) is 0 Å². The Kier molecular flexibility index (Phi) is 3.59. The zero-order valence-corrected chi connectivity index (χ0v) is 7.33. The van der Waals surface area contributed by atoms with Crippen LogP contribution in [0.2, 0.25) is 0 Å². The maximum Gasteiger partial charge on any atom is 0.271 e. The maximum atomic E-state index is 12.7. The summed E-state index contributed by atoms with van der Waals surface area (Å²) in [6, 6.07) is 0. The first-order valence-corrected chi connectivity index (χ1v) is 3.58. The molecular weight excluding hydrogens is 156 g/mol. The average molecular weight is 169 g/mol. The molecule has 1 nitrogen and oxygen atoms in total. The highest BCUT2D eigenvalue weighted by molar-refractivity contribution is 7.81. The van der Waals surface area contributed by atoms with Crippen LogP contribution in [-0.2, 0) is 0 Å². The summed E-state index contributed by atoms with van der Waals surface area (Å²) in [6.45, 7) is 1.16. The molecule has 0 saturated heterocycles. The smallest absolute Gasteiger partial charge is 0.271 e. The summed E-state index contributed by atoms with van der Waals surface area (Å²) >= 11 is 3.68. The van der Waals surface area contributed by atoms with E-state index in [4.69, 9.17) is 0 Å². The minimum absolute atomic E-state index is 0.238. The molecule has 0 aliphatic rings. The van der Waals surface area contributed by atoms with Crippen molar-refractivity contribution >= 4 is 12.6 Å². The van der Waals surface area contributed by atoms with Crippen LogP contribution in [0.15, 0.2) is 0 Å². The second-order valence-corrected chi connectivity index (χ2v) is 3.45. The standard InChI is InChI=1S/C6H13F2NS/c1-5(10)6(7,8)4-9(2)3/h5,10H,4H2,1-3H3. The Morgan fingerprint density at radius 1 is 1.50 bits per heavy atom. The second-order valence-electron chi connectivity index (χ2n) is 2.67. The molecular formula is C6H13F2NS. The largest absolute Gasteiger partial charge is 0.304 e. The fourth-order valence-corrected chi connectivity index (χ4v) is 0.635. The van der Waals surface area contributed by atoms with E-state index in [0.29, 0.717) is 0 Å². The topological polar surface area (TPSA) is 3.24 Å². The summed E-state index contributed by atoms with van der Waals surface area (Å²) in [5.41, 5.74) is 0. The predicted molar refractivity (Wildman–Crippen MR) is 41.9 cm³/mol. The Balaban J connectivity index is 3.87. The maximum absolute atomic E-state index is 12.7. The van der Waals surface area contributed by atoms with E-state index < -0.39 is 11.2 Å². The SMILES string of the molecule is CC(S)C(F)(F)CN(C)C. The van der Waals surface area contributed by atoms with Crippen LogP contribution < -0.4 is 0 Å². The van der Waals surface area contributed by atoms with Gasteiger partial charge in [-0.25, -0.2) is 8.78 Å². The van der Waals surface area contributed by atoms with Crippen LogP contribution in [0.4, 0.5) is 8.78 Å². The Labute approximate surface area is 65.8 Å². The van der Waals surface area contributed by atoms with Crippen molar-refractivity contribution in [1.29, 1.82) is 0 Å².